The molecule has 0 aliphatic rings. The van der Waals surface area contributed by atoms with E-state index in [9.17, 15) is 4.79 Å². The van der Waals surface area contributed by atoms with Crippen LogP contribution in [0.15, 0.2) is 78.9 Å². The molecular weight excluding hydrogens is 294 g/mol. The Labute approximate surface area is 134 Å². The van der Waals surface area contributed by atoms with Gasteiger partial charge in [-0.05, 0) is 29.8 Å². The molecule has 0 unspecified atom stereocenters. The third-order valence-corrected chi connectivity index (χ3v) is 3.70. The van der Waals surface area contributed by atoms with Gasteiger partial charge in [0.25, 0.3) is 5.91 Å². The van der Waals surface area contributed by atoms with Gasteiger partial charge >= 0.3 is 0 Å². The van der Waals surface area contributed by atoms with E-state index < -0.39 is 0 Å². The number of para-hydroxylation sites is 1. The van der Waals surface area contributed by atoms with Crippen LogP contribution >= 0.6 is 11.6 Å². The molecule has 0 saturated heterocycles. The summed E-state index contributed by atoms with van der Waals surface area (Å²) in [4.78, 5) is 12.6. The van der Waals surface area contributed by atoms with Crippen LogP contribution < -0.4 is 5.32 Å². The van der Waals surface area contributed by atoms with Gasteiger partial charge in [-0.25, -0.2) is 0 Å². The Hall–Kier alpha value is -2.58. The minimum absolute atomic E-state index is 0.151. The highest BCUT2D eigenvalue weighted by atomic mass is 35.5. The second kappa shape index (κ2) is 6.46. The number of nitrogens with one attached hydrogen (secondary N) is 1. The van der Waals surface area contributed by atoms with Crippen LogP contribution in [0.25, 0.3) is 11.1 Å². The highest BCUT2D eigenvalue weighted by Gasteiger charge is 2.14. The second-order valence-electron chi connectivity index (χ2n) is 4.85. The Bertz CT molecular complexity index is 799. The topological polar surface area (TPSA) is 29.1 Å². The van der Waals surface area contributed by atoms with Gasteiger partial charge in [-0.2, -0.15) is 0 Å². The third-order valence-electron chi connectivity index (χ3n) is 3.37. The van der Waals surface area contributed by atoms with Crippen LogP contribution in [0.4, 0.5) is 5.69 Å². The molecule has 0 aliphatic carbocycles. The van der Waals surface area contributed by atoms with Crippen LogP contribution in [0.1, 0.15) is 10.4 Å². The van der Waals surface area contributed by atoms with Crippen molar-refractivity contribution in [3.63, 3.8) is 0 Å². The van der Waals surface area contributed by atoms with E-state index in [0.29, 0.717) is 10.6 Å². The van der Waals surface area contributed by atoms with Crippen molar-refractivity contribution < 1.29 is 4.79 Å². The van der Waals surface area contributed by atoms with Gasteiger partial charge in [-0.1, -0.05) is 66.2 Å². The number of halogens is 1. The molecule has 1 N–H and O–H groups in total. The quantitative estimate of drug-likeness (QED) is 0.702. The smallest absolute Gasteiger partial charge is 0.256 e. The molecule has 0 spiro atoms. The summed E-state index contributed by atoms with van der Waals surface area (Å²) < 4.78 is 0. The fraction of sp³-hybridized carbons (Fsp3) is 0. The fourth-order valence-electron chi connectivity index (χ4n) is 2.32. The molecule has 0 heterocycles. The number of rotatable bonds is 3. The first kappa shape index (κ1) is 14.4. The van der Waals surface area contributed by atoms with Crippen LogP contribution in [0.5, 0.6) is 0 Å². The molecule has 108 valence electrons. The van der Waals surface area contributed by atoms with Crippen LogP contribution in [-0.2, 0) is 0 Å². The van der Waals surface area contributed by atoms with Crippen LogP contribution in [0.3, 0.4) is 0 Å². The predicted molar refractivity (Wildman–Crippen MR) is 91.3 cm³/mol. The molecule has 0 fully saturated rings. The van der Waals surface area contributed by atoms with Gasteiger partial charge in [0.05, 0.1) is 0 Å². The van der Waals surface area contributed by atoms with E-state index >= 15 is 0 Å². The molecule has 1 amide bonds. The van der Waals surface area contributed by atoms with Crippen molar-refractivity contribution >= 4 is 23.2 Å². The summed E-state index contributed by atoms with van der Waals surface area (Å²) in [7, 11) is 0. The zero-order valence-corrected chi connectivity index (χ0v) is 12.5. The number of amides is 1. The lowest BCUT2D eigenvalue weighted by Gasteiger charge is -2.11. The highest BCUT2D eigenvalue weighted by Crippen LogP contribution is 2.30. The zero-order valence-electron chi connectivity index (χ0n) is 11.8. The zero-order chi connectivity index (χ0) is 15.4. The third kappa shape index (κ3) is 3.02. The molecule has 0 saturated carbocycles. The van der Waals surface area contributed by atoms with Gasteiger partial charge < -0.3 is 5.32 Å². The summed E-state index contributed by atoms with van der Waals surface area (Å²) in [5.41, 5.74) is 3.03. The molecular formula is C19H14ClNO. The predicted octanol–water partition coefficient (Wildman–Crippen LogP) is 5.26. The first-order chi connectivity index (χ1) is 10.8. The molecule has 0 radical (unpaired) electrons. The van der Waals surface area contributed by atoms with Crippen LogP contribution in [-0.4, -0.2) is 5.91 Å². The lowest BCUT2D eigenvalue weighted by atomic mass is 9.99. The monoisotopic (exact) mass is 307 g/mol. The summed E-state index contributed by atoms with van der Waals surface area (Å²) in [5, 5.41) is 3.53. The molecule has 0 atom stereocenters. The average molecular weight is 308 g/mol. The van der Waals surface area contributed by atoms with Crippen molar-refractivity contribution in [3.05, 3.63) is 89.4 Å². The minimum atomic E-state index is -0.151. The number of hydrogen-bond donors (Lipinski definition) is 1. The number of benzene rings is 3. The van der Waals surface area contributed by atoms with E-state index in [2.05, 4.69) is 5.32 Å². The average Bonchev–Trinajstić information content (AvgIpc) is 2.56. The van der Waals surface area contributed by atoms with Crippen molar-refractivity contribution in [2.45, 2.75) is 0 Å². The van der Waals surface area contributed by atoms with Gasteiger partial charge in [-0.3, -0.25) is 4.79 Å². The highest BCUT2D eigenvalue weighted by molar-refractivity contribution is 6.33. The maximum Gasteiger partial charge on any atom is 0.256 e. The van der Waals surface area contributed by atoms with E-state index in [1.165, 1.54) is 0 Å². The molecule has 0 aromatic heterocycles. The molecule has 3 rings (SSSR count). The van der Waals surface area contributed by atoms with Crippen molar-refractivity contribution in [1.82, 2.24) is 0 Å². The number of anilines is 1. The number of carbonyl (C=O) groups is 1. The minimum Gasteiger partial charge on any atom is -0.322 e. The van der Waals surface area contributed by atoms with Crippen molar-refractivity contribution in [2.75, 3.05) is 5.32 Å². The summed E-state index contributed by atoms with van der Waals surface area (Å²) in [6.45, 7) is 0. The number of carbonyl (C=O) groups excluding carboxylic acids is 1. The lowest BCUT2D eigenvalue weighted by Crippen LogP contribution is -2.13. The molecule has 3 aromatic rings. The SMILES string of the molecule is O=C(Nc1ccccc1)c1ccccc1-c1ccccc1Cl. The molecule has 0 aliphatic heterocycles. The standard InChI is InChI=1S/C19H14ClNO/c20-18-13-7-6-11-16(18)15-10-4-5-12-17(15)19(22)21-14-8-2-1-3-9-14/h1-13H,(H,21,22). The summed E-state index contributed by atoms with van der Waals surface area (Å²) in [6, 6.07) is 24.4. The van der Waals surface area contributed by atoms with Gasteiger partial charge in [0, 0.05) is 21.8 Å². The van der Waals surface area contributed by atoms with E-state index in [4.69, 9.17) is 11.6 Å². The van der Waals surface area contributed by atoms with E-state index in [-0.39, 0.29) is 5.91 Å². The molecule has 3 heteroatoms. The largest absolute Gasteiger partial charge is 0.322 e. The Morgan fingerprint density at radius 3 is 2.05 bits per heavy atom. The van der Waals surface area contributed by atoms with E-state index in [1.807, 2.05) is 72.8 Å². The van der Waals surface area contributed by atoms with Crippen molar-refractivity contribution in [2.24, 2.45) is 0 Å². The Kier molecular flexibility index (Phi) is 4.22. The molecule has 0 bridgehead atoms. The first-order valence-corrected chi connectivity index (χ1v) is 7.34. The van der Waals surface area contributed by atoms with Gasteiger partial charge in [0.15, 0.2) is 0 Å². The fourth-order valence-corrected chi connectivity index (χ4v) is 2.55. The summed E-state index contributed by atoms with van der Waals surface area (Å²) >= 11 is 6.26. The summed E-state index contributed by atoms with van der Waals surface area (Å²) in [6.07, 6.45) is 0. The van der Waals surface area contributed by atoms with Gasteiger partial charge in [0.2, 0.25) is 0 Å². The Morgan fingerprint density at radius 1 is 0.727 bits per heavy atom. The van der Waals surface area contributed by atoms with Crippen LogP contribution in [0.2, 0.25) is 5.02 Å². The molecule has 3 aromatic carbocycles. The molecule has 22 heavy (non-hydrogen) atoms. The Balaban J connectivity index is 1.98. The first-order valence-electron chi connectivity index (χ1n) is 6.96. The van der Waals surface area contributed by atoms with E-state index in [0.717, 1.165) is 16.8 Å². The lowest BCUT2D eigenvalue weighted by molar-refractivity contribution is 0.102. The van der Waals surface area contributed by atoms with Crippen molar-refractivity contribution in [3.8, 4) is 11.1 Å². The van der Waals surface area contributed by atoms with E-state index in [1.54, 1.807) is 6.07 Å². The van der Waals surface area contributed by atoms with Gasteiger partial charge in [-0.15, -0.1) is 0 Å². The maximum atomic E-state index is 12.6. The van der Waals surface area contributed by atoms with Crippen LogP contribution in [0, 0.1) is 0 Å². The second-order valence-corrected chi connectivity index (χ2v) is 5.25. The summed E-state index contributed by atoms with van der Waals surface area (Å²) in [5.74, 6) is -0.151. The van der Waals surface area contributed by atoms with Gasteiger partial charge in [0.1, 0.15) is 0 Å². The Morgan fingerprint density at radius 2 is 1.32 bits per heavy atom. The molecule has 2 nitrogen and oxygen atoms in total. The normalized spacial score (nSPS) is 10.2. The number of hydrogen-bond acceptors (Lipinski definition) is 1. The van der Waals surface area contributed by atoms with Crippen molar-refractivity contribution in [1.29, 1.82) is 0 Å². The maximum absolute atomic E-state index is 12.6.